The maximum Gasteiger partial charge on any atom is -0.0266 e. The lowest BCUT2D eigenvalue weighted by Crippen LogP contribution is -1.79. The molecule has 9 heavy (non-hydrogen) atoms. The maximum absolute atomic E-state index is 2.29. The molecule has 0 nitrogen and oxygen atoms in total. The van der Waals surface area contributed by atoms with Gasteiger partial charge in [-0.3, -0.25) is 0 Å². The van der Waals surface area contributed by atoms with Crippen LogP contribution in [0.4, 0.5) is 0 Å². The van der Waals surface area contributed by atoms with Crippen LogP contribution in [0.25, 0.3) is 0 Å². The van der Waals surface area contributed by atoms with Crippen molar-refractivity contribution in [2.75, 3.05) is 0 Å². The molecule has 2 aliphatic carbocycles. The lowest BCUT2D eigenvalue weighted by atomic mass is 10.1. The predicted octanol–water partition coefficient (Wildman–Crippen LogP) is 2.98. The molecule has 0 aromatic carbocycles. The van der Waals surface area contributed by atoms with Gasteiger partial charge in [-0.2, -0.15) is 0 Å². The van der Waals surface area contributed by atoms with Gasteiger partial charge in [0, 0.05) is 0 Å². The van der Waals surface area contributed by atoms with E-state index in [-0.39, 0.29) is 0 Å². The number of hydrogen-bond donors (Lipinski definition) is 0. The summed E-state index contributed by atoms with van der Waals surface area (Å²) in [5.41, 5.74) is 0.967. The van der Waals surface area contributed by atoms with Crippen LogP contribution >= 0.6 is 0 Å². The Morgan fingerprint density at radius 2 is 2.22 bits per heavy atom. The van der Waals surface area contributed by atoms with Crippen LogP contribution in [0.3, 0.4) is 0 Å². The number of hydrogen-bond acceptors (Lipinski definition) is 0. The van der Waals surface area contributed by atoms with Gasteiger partial charge < -0.3 is 0 Å². The van der Waals surface area contributed by atoms with Gasteiger partial charge in [-0.1, -0.05) is 19.8 Å². The average Bonchev–Trinajstić information content (AvgIpc) is 2.72. The summed E-state index contributed by atoms with van der Waals surface area (Å²) in [7, 11) is 0. The summed E-state index contributed by atoms with van der Waals surface area (Å²) in [5.74, 6) is 1.18. The van der Waals surface area contributed by atoms with E-state index in [2.05, 4.69) is 6.92 Å². The van der Waals surface area contributed by atoms with Crippen molar-refractivity contribution < 1.29 is 0 Å². The number of rotatable bonds is 3. The highest BCUT2D eigenvalue weighted by molar-refractivity contribution is 5.11. The highest BCUT2D eigenvalue weighted by atomic mass is 14.7. The quantitative estimate of drug-likeness (QED) is 0.542. The molecule has 52 valence electrons. The molecule has 2 fully saturated rings. The Kier molecular flexibility index (Phi) is 1.12. The standard InChI is InChI=1S/C9H16/c1-2-3-4-8-7-9(8)5-6-9/h8H,2-7H2,1H3. The van der Waals surface area contributed by atoms with E-state index in [1.807, 2.05) is 0 Å². The van der Waals surface area contributed by atoms with Crippen LogP contribution in [0.15, 0.2) is 0 Å². The molecular weight excluding hydrogens is 108 g/mol. The zero-order valence-electron chi connectivity index (χ0n) is 6.32. The molecule has 0 saturated heterocycles. The molecule has 2 saturated carbocycles. The average molecular weight is 124 g/mol. The molecule has 0 aromatic heterocycles. The summed E-state index contributed by atoms with van der Waals surface area (Å²) < 4.78 is 0. The Hall–Kier alpha value is 0. The van der Waals surface area contributed by atoms with E-state index in [4.69, 9.17) is 0 Å². The molecule has 1 unspecified atom stereocenters. The molecule has 0 aliphatic heterocycles. The lowest BCUT2D eigenvalue weighted by molar-refractivity contribution is 0.599. The van der Waals surface area contributed by atoms with Gasteiger partial charge >= 0.3 is 0 Å². The third-order valence-corrected chi connectivity index (χ3v) is 3.16. The van der Waals surface area contributed by atoms with Crippen molar-refractivity contribution in [2.24, 2.45) is 11.3 Å². The molecule has 0 N–H and O–H groups in total. The summed E-state index contributed by atoms with van der Waals surface area (Å²) in [4.78, 5) is 0. The minimum atomic E-state index is 0.967. The molecule has 0 heteroatoms. The summed E-state index contributed by atoms with van der Waals surface area (Å²) in [6.07, 6.45) is 9.14. The van der Waals surface area contributed by atoms with Crippen molar-refractivity contribution in [1.29, 1.82) is 0 Å². The van der Waals surface area contributed by atoms with Gasteiger partial charge in [0.25, 0.3) is 0 Å². The van der Waals surface area contributed by atoms with Crippen LogP contribution in [0.2, 0.25) is 0 Å². The lowest BCUT2D eigenvalue weighted by Gasteiger charge is -1.92. The molecule has 1 atom stereocenters. The van der Waals surface area contributed by atoms with Gasteiger partial charge in [-0.25, -0.2) is 0 Å². The molecule has 0 radical (unpaired) electrons. The Bertz CT molecular complexity index is 111. The van der Waals surface area contributed by atoms with Crippen LogP contribution in [0.1, 0.15) is 45.4 Å². The van der Waals surface area contributed by atoms with Crippen LogP contribution < -0.4 is 0 Å². The Morgan fingerprint density at radius 1 is 1.44 bits per heavy atom. The first-order valence-electron chi connectivity index (χ1n) is 4.37. The second-order valence-electron chi connectivity index (χ2n) is 3.91. The summed E-state index contributed by atoms with van der Waals surface area (Å²) in [6.45, 7) is 2.29. The van der Waals surface area contributed by atoms with Gasteiger partial charge in [0.2, 0.25) is 0 Å². The van der Waals surface area contributed by atoms with E-state index in [0.29, 0.717) is 0 Å². The Balaban J connectivity index is 1.67. The maximum atomic E-state index is 2.29. The Morgan fingerprint density at radius 3 is 2.67 bits per heavy atom. The van der Waals surface area contributed by atoms with E-state index in [9.17, 15) is 0 Å². The van der Waals surface area contributed by atoms with Crippen molar-refractivity contribution in [3.8, 4) is 0 Å². The fraction of sp³-hybridized carbons (Fsp3) is 1.00. The molecule has 0 heterocycles. The van der Waals surface area contributed by atoms with E-state index < -0.39 is 0 Å². The first kappa shape index (κ1) is 5.76. The fourth-order valence-electron chi connectivity index (χ4n) is 2.06. The van der Waals surface area contributed by atoms with E-state index in [0.717, 1.165) is 5.41 Å². The normalized spacial score (nSPS) is 35.0. The van der Waals surface area contributed by atoms with Crippen LogP contribution in [-0.4, -0.2) is 0 Å². The van der Waals surface area contributed by atoms with Gasteiger partial charge in [0.05, 0.1) is 0 Å². The topological polar surface area (TPSA) is 0 Å². The van der Waals surface area contributed by atoms with Crippen molar-refractivity contribution in [3.05, 3.63) is 0 Å². The van der Waals surface area contributed by atoms with Gasteiger partial charge in [0.15, 0.2) is 0 Å². The van der Waals surface area contributed by atoms with Crippen molar-refractivity contribution >= 4 is 0 Å². The van der Waals surface area contributed by atoms with Gasteiger partial charge in [-0.15, -0.1) is 0 Å². The van der Waals surface area contributed by atoms with E-state index in [1.165, 1.54) is 25.2 Å². The summed E-state index contributed by atoms with van der Waals surface area (Å²) >= 11 is 0. The second-order valence-corrected chi connectivity index (χ2v) is 3.91. The molecule has 0 aromatic rings. The summed E-state index contributed by atoms with van der Waals surface area (Å²) in [5, 5.41) is 0. The molecule has 2 rings (SSSR count). The molecule has 0 amide bonds. The molecule has 2 aliphatic rings. The smallest absolute Gasteiger partial charge is 0.0266 e. The van der Waals surface area contributed by atoms with Gasteiger partial charge in [-0.05, 0) is 37.0 Å². The van der Waals surface area contributed by atoms with E-state index in [1.54, 1.807) is 19.3 Å². The molecular formula is C9H16. The van der Waals surface area contributed by atoms with Crippen molar-refractivity contribution in [2.45, 2.75) is 45.4 Å². The van der Waals surface area contributed by atoms with E-state index >= 15 is 0 Å². The third kappa shape index (κ3) is 0.889. The molecule has 1 spiro atoms. The van der Waals surface area contributed by atoms with Crippen LogP contribution in [0, 0.1) is 11.3 Å². The highest BCUT2D eigenvalue weighted by Gasteiger charge is 2.61. The zero-order valence-corrected chi connectivity index (χ0v) is 6.32. The summed E-state index contributed by atoms with van der Waals surface area (Å²) in [6, 6.07) is 0. The zero-order chi connectivity index (χ0) is 6.32. The predicted molar refractivity (Wildman–Crippen MR) is 39.3 cm³/mol. The first-order valence-corrected chi connectivity index (χ1v) is 4.37. The monoisotopic (exact) mass is 124 g/mol. The van der Waals surface area contributed by atoms with Crippen molar-refractivity contribution in [1.82, 2.24) is 0 Å². The fourth-order valence-corrected chi connectivity index (χ4v) is 2.06. The minimum Gasteiger partial charge on any atom is -0.0654 e. The van der Waals surface area contributed by atoms with Crippen LogP contribution in [-0.2, 0) is 0 Å². The van der Waals surface area contributed by atoms with Crippen molar-refractivity contribution in [3.63, 3.8) is 0 Å². The SMILES string of the molecule is CCCCC1CC12CC2. The Labute approximate surface area is 57.6 Å². The minimum absolute atomic E-state index is 0.967. The molecule has 0 bridgehead atoms. The second kappa shape index (κ2) is 1.74. The van der Waals surface area contributed by atoms with Crippen LogP contribution in [0.5, 0.6) is 0 Å². The first-order chi connectivity index (χ1) is 4.37. The highest BCUT2D eigenvalue weighted by Crippen LogP contribution is 2.71. The third-order valence-electron chi connectivity index (χ3n) is 3.16. The van der Waals surface area contributed by atoms with Gasteiger partial charge in [0.1, 0.15) is 0 Å². The largest absolute Gasteiger partial charge is 0.0654 e. The number of unbranched alkanes of at least 4 members (excludes halogenated alkanes) is 1.